The molecular formula is C25H43N13O5. The molecule has 0 saturated heterocycles. The van der Waals surface area contributed by atoms with E-state index in [9.17, 15) is 24.0 Å². The molecule has 4 amide bonds. The Hall–Kier alpha value is -4.77. The zero-order valence-electron chi connectivity index (χ0n) is 24.2. The smallest absolute Gasteiger partial charge is 0.344 e. The topological polar surface area (TPSA) is 293 Å². The van der Waals surface area contributed by atoms with Gasteiger partial charge in [0.2, 0.25) is 17.7 Å². The average Bonchev–Trinajstić information content (AvgIpc) is 3.43. The summed E-state index contributed by atoms with van der Waals surface area (Å²) in [6.45, 7) is 0.827. The molecule has 0 aromatic carbocycles. The SMILES string of the molecule is NC(N)=NCCC[C@@H]1NC(=O)[C@H](CCCN=C(N)N)NC(=O)n2cc(nn2)CCCC(=O)NCCCC[C@@H](C=O)NC1=O. The van der Waals surface area contributed by atoms with Gasteiger partial charge in [0.15, 0.2) is 11.9 Å². The third-order valence-electron chi connectivity index (χ3n) is 6.48. The van der Waals surface area contributed by atoms with Gasteiger partial charge in [-0.15, -0.1) is 5.10 Å². The minimum absolute atomic E-state index is 0.113. The second kappa shape index (κ2) is 18.6. The van der Waals surface area contributed by atoms with Gasteiger partial charge >= 0.3 is 6.03 Å². The van der Waals surface area contributed by atoms with E-state index in [0.717, 1.165) is 4.68 Å². The van der Waals surface area contributed by atoms with Crippen LogP contribution in [-0.2, 0) is 25.6 Å². The van der Waals surface area contributed by atoms with Crippen LogP contribution in [0.4, 0.5) is 4.79 Å². The van der Waals surface area contributed by atoms with Gasteiger partial charge in [0.1, 0.15) is 18.4 Å². The van der Waals surface area contributed by atoms with Gasteiger partial charge in [-0.1, -0.05) is 5.21 Å². The number of nitrogens with one attached hydrogen (secondary N) is 4. The van der Waals surface area contributed by atoms with Crippen LogP contribution in [0.25, 0.3) is 0 Å². The molecule has 3 atom stereocenters. The minimum atomic E-state index is -1.10. The zero-order valence-corrected chi connectivity index (χ0v) is 24.2. The summed E-state index contributed by atoms with van der Waals surface area (Å²) in [4.78, 5) is 71.3. The van der Waals surface area contributed by atoms with Crippen molar-refractivity contribution in [3.05, 3.63) is 11.9 Å². The fourth-order valence-corrected chi connectivity index (χ4v) is 4.24. The van der Waals surface area contributed by atoms with Gasteiger partial charge < -0.3 is 49.0 Å². The number of aryl methyl sites for hydroxylation is 1. The molecule has 2 bridgehead atoms. The maximum absolute atomic E-state index is 13.4. The molecule has 1 aliphatic rings. The highest BCUT2D eigenvalue weighted by molar-refractivity contribution is 5.92. The van der Waals surface area contributed by atoms with Gasteiger partial charge in [0.25, 0.3) is 0 Å². The number of nitrogens with zero attached hydrogens (tertiary/aromatic N) is 5. The standard InChI is InChI=1S/C25H43N13O5/c26-23(27)31-12-4-8-18-21(41)33-17(15-39)6-1-2-11-30-20(40)10-3-7-16-14-38(37-36-16)25(43)35-19(22(42)34-18)9-5-13-32-24(28)29/h14-15,17-19H,1-13H2,(H,30,40)(H,33,41)(H,34,42)(H,35,43)(H4,26,27,31)(H4,28,29,32)/t17-,18-,19-/m0/s1. The number of rotatable bonds is 9. The van der Waals surface area contributed by atoms with Crippen molar-refractivity contribution >= 4 is 42.0 Å². The molecule has 0 radical (unpaired) electrons. The Morgan fingerprint density at radius 3 is 2.14 bits per heavy atom. The number of aromatic nitrogens is 3. The quantitative estimate of drug-likeness (QED) is 0.0611. The summed E-state index contributed by atoms with van der Waals surface area (Å²) in [5.41, 5.74) is 22.0. The number of hydrogen-bond donors (Lipinski definition) is 8. The van der Waals surface area contributed by atoms with E-state index in [0.29, 0.717) is 63.5 Å². The molecule has 0 aliphatic carbocycles. The lowest BCUT2D eigenvalue weighted by Gasteiger charge is -2.24. The normalized spacial score (nSPS) is 21.2. The summed E-state index contributed by atoms with van der Waals surface area (Å²) >= 11 is 0. The van der Waals surface area contributed by atoms with Gasteiger partial charge in [-0.05, 0) is 57.8 Å². The summed E-state index contributed by atoms with van der Waals surface area (Å²) in [6.07, 6.45) is 5.68. The predicted molar refractivity (Wildman–Crippen MR) is 157 cm³/mol. The molecule has 1 aromatic rings. The fourth-order valence-electron chi connectivity index (χ4n) is 4.24. The number of carbonyl (C=O) groups is 5. The number of nitrogens with two attached hydrogens (primary N) is 4. The van der Waals surface area contributed by atoms with Crippen molar-refractivity contribution in [1.29, 1.82) is 0 Å². The molecule has 1 aliphatic heterocycles. The summed E-state index contributed by atoms with van der Waals surface area (Å²) in [5.74, 6) is -1.58. The molecular weight excluding hydrogens is 562 g/mol. The highest BCUT2D eigenvalue weighted by Gasteiger charge is 2.28. The first-order chi connectivity index (χ1) is 20.6. The zero-order chi connectivity index (χ0) is 31.6. The molecule has 1 aromatic heterocycles. The Morgan fingerprint density at radius 1 is 0.884 bits per heavy atom. The van der Waals surface area contributed by atoms with Crippen LogP contribution in [0.5, 0.6) is 0 Å². The molecule has 18 nitrogen and oxygen atoms in total. The molecule has 43 heavy (non-hydrogen) atoms. The fraction of sp³-hybridized carbons (Fsp3) is 0.640. The molecule has 0 saturated carbocycles. The van der Waals surface area contributed by atoms with E-state index in [1.54, 1.807) is 0 Å². The first-order valence-corrected chi connectivity index (χ1v) is 14.2. The van der Waals surface area contributed by atoms with E-state index in [-0.39, 0.29) is 50.2 Å². The second-order valence-electron chi connectivity index (χ2n) is 10.1. The largest absolute Gasteiger partial charge is 0.370 e. The third-order valence-corrected chi connectivity index (χ3v) is 6.48. The number of amides is 4. The summed E-state index contributed by atoms with van der Waals surface area (Å²) in [5, 5.41) is 18.6. The monoisotopic (exact) mass is 605 g/mol. The predicted octanol–water partition coefficient (Wildman–Crippen LogP) is -2.90. The lowest BCUT2D eigenvalue weighted by molar-refractivity contribution is -0.131. The summed E-state index contributed by atoms with van der Waals surface area (Å²) in [6, 6.07) is -3.68. The second-order valence-corrected chi connectivity index (χ2v) is 10.1. The molecule has 238 valence electrons. The van der Waals surface area contributed by atoms with Gasteiger partial charge in [-0.3, -0.25) is 24.4 Å². The van der Waals surface area contributed by atoms with Crippen molar-refractivity contribution < 1.29 is 24.0 Å². The Morgan fingerprint density at radius 2 is 1.51 bits per heavy atom. The van der Waals surface area contributed by atoms with Gasteiger partial charge in [0, 0.05) is 26.1 Å². The van der Waals surface area contributed by atoms with Crippen molar-refractivity contribution in [3.63, 3.8) is 0 Å². The van der Waals surface area contributed by atoms with Crippen LogP contribution in [0.1, 0.15) is 63.5 Å². The lowest BCUT2D eigenvalue weighted by atomic mass is 10.1. The molecule has 12 N–H and O–H groups in total. The molecule has 2 heterocycles. The van der Waals surface area contributed by atoms with E-state index in [2.05, 4.69) is 41.6 Å². The van der Waals surface area contributed by atoms with Gasteiger partial charge in [0.05, 0.1) is 17.9 Å². The number of hydrogen-bond acceptors (Lipinski definition) is 9. The Labute approximate surface area is 249 Å². The van der Waals surface area contributed by atoms with Gasteiger partial charge in [-0.25, -0.2) is 4.79 Å². The Kier molecular flexibility index (Phi) is 14.9. The lowest BCUT2D eigenvalue weighted by Crippen LogP contribution is -2.55. The maximum Gasteiger partial charge on any atom is 0.344 e. The van der Waals surface area contributed by atoms with Crippen LogP contribution in [0.3, 0.4) is 0 Å². The van der Waals surface area contributed by atoms with Crippen molar-refractivity contribution in [2.75, 3.05) is 19.6 Å². The van der Waals surface area contributed by atoms with Crippen molar-refractivity contribution in [2.24, 2.45) is 32.9 Å². The van der Waals surface area contributed by atoms with Crippen molar-refractivity contribution in [1.82, 2.24) is 36.3 Å². The van der Waals surface area contributed by atoms with Crippen LogP contribution in [0, 0.1) is 0 Å². The van der Waals surface area contributed by atoms with E-state index in [1.807, 2.05) is 0 Å². The van der Waals surface area contributed by atoms with E-state index < -0.39 is 36.0 Å². The highest BCUT2D eigenvalue weighted by Crippen LogP contribution is 2.07. The first-order valence-electron chi connectivity index (χ1n) is 14.2. The molecule has 0 fully saturated rings. The molecule has 2 rings (SSSR count). The average molecular weight is 606 g/mol. The van der Waals surface area contributed by atoms with E-state index in [1.165, 1.54) is 6.20 Å². The van der Waals surface area contributed by atoms with Crippen LogP contribution in [0.2, 0.25) is 0 Å². The van der Waals surface area contributed by atoms with Crippen molar-refractivity contribution in [2.45, 2.75) is 82.3 Å². The van der Waals surface area contributed by atoms with Crippen LogP contribution >= 0.6 is 0 Å². The molecule has 0 spiro atoms. The van der Waals surface area contributed by atoms with Gasteiger partial charge in [-0.2, -0.15) is 4.68 Å². The minimum Gasteiger partial charge on any atom is -0.370 e. The number of aliphatic imine (C=N–C) groups is 2. The third kappa shape index (κ3) is 13.6. The molecule has 0 unspecified atom stereocenters. The van der Waals surface area contributed by atoms with E-state index in [4.69, 9.17) is 22.9 Å². The maximum atomic E-state index is 13.4. The van der Waals surface area contributed by atoms with E-state index >= 15 is 0 Å². The first kappa shape index (κ1) is 34.4. The number of fused-ring (bicyclic) bond motifs is 2. The number of guanidine groups is 2. The van der Waals surface area contributed by atoms with Crippen LogP contribution in [-0.4, -0.2) is 94.7 Å². The summed E-state index contributed by atoms with van der Waals surface area (Å²) in [7, 11) is 0. The Bertz CT molecular complexity index is 1140. The molecule has 18 heteroatoms. The van der Waals surface area contributed by atoms with Crippen LogP contribution < -0.4 is 44.2 Å². The Balaban J connectivity index is 2.29. The number of carbonyl (C=O) groups excluding carboxylic acids is 5. The summed E-state index contributed by atoms with van der Waals surface area (Å²) < 4.78 is 0.961. The van der Waals surface area contributed by atoms with Crippen LogP contribution in [0.15, 0.2) is 16.2 Å². The van der Waals surface area contributed by atoms with Crippen molar-refractivity contribution in [3.8, 4) is 0 Å². The number of aldehydes is 1. The highest BCUT2D eigenvalue weighted by atomic mass is 16.2.